The Morgan fingerprint density at radius 1 is 0.603 bits per heavy atom. The highest BCUT2D eigenvalue weighted by Crippen LogP contribution is 2.28. The molecular weight excluding hydrogens is 729 g/mol. The lowest BCUT2D eigenvalue weighted by molar-refractivity contribution is 0.294. The quantitative estimate of drug-likeness (QED) is 0.134. The van der Waals surface area contributed by atoms with Gasteiger partial charge in [0, 0.05) is 84.7 Å². The van der Waals surface area contributed by atoms with Gasteiger partial charge in [-0.2, -0.15) is 0 Å². The van der Waals surface area contributed by atoms with Crippen LogP contribution >= 0.6 is 0 Å². The molecule has 2 fully saturated rings. The molecule has 0 bridgehead atoms. The molecule has 6 aromatic rings. The maximum Gasteiger partial charge on any atom is 0.254 e. The summed E-state index contributed by atoms with van der Waals surface area (Å²) < 4.78 is 14.5. The highest BCUT2D eigenvalue weighted by Gasteiger charge is 2.19. The van der Waals surface area contributed by atoms with Gasteiger partial charge in [-0.3, -0.25) is 19.6 Å². The first-order valence-corrected chi connectivity index (χ1v) is 19.5. The molecule has 0 saturated heterocycles. The topological polar surface area (TPSA) is 140 Å². The summed E-state index contributed by atoms with van der Waals surface area (Å²) in [7, 11) is 0. The Hall–Kier alpha value is -6.92. The van der Waals surface area contributed by atoms with Gasteiger partial charge in [-0.25, -0.2) is 19.9 Å². The largest absolute Gasteiger partial charge is 0.485 e. The van der Waals surface area contributed by atoms with Gasteiger partial charge in [0.15, 0.2) is 11.6 Å². The molecule has 2 atom stereocenters. The fraction of sp³-hybridized carbons (Fsp3) is 0.304. The van der Waals surface area contributed by atoms with Crippen molar-refractivity contribution in [3.8, 4) is 35.2 Å². The first-order valence-electron chi connectivity index (χ1n) is 19.5. The van der Waals surface area contributed by atoms with Crippen LogP contribution in [0.3, 0.4) is 0 Å². The van der Waals surface area contributed by atoms with Crippen LogP contribution in [0, 0.1) is 35.5 Å². The lowest BCUT2D eigenvalue weighted by Gasteiger charge is -2.15. The van der Waals surface area contributed by atoms with Crippen LogP contribution in [0.4, 0.5) is 0 Å². The maximum atomic E-state index is 12.6. The fourth-order valence-electron chi connectivity index (χ4n) is 5.46. The molecule has 0 spiro atoms. The van der Waals surface area contributed by atoms with Gasteiger partial charge in [0.25, 0.3) is 11.1 Å². The molecule has 0 aromatic carbocycles. The number of hydrogen-bond donors (Lipinski definition) is 0. The third kappa shape index (κ3) is 12.0. The summed E-state index contributed by atoms with van der Waals surface area (Å²) in [5, 5.41) is 0. The molecule has 0 radical (unpaired) electrons. The van der Waals surface area contributed by atoms with Crippen LogP contribution < -0.4 is 20.6 Å². The Labute approximate surface area is 338 Å². The molecule has 2 unspecified atom stereocenters. The van der Waals surface area contributed by atoms with Gasteiger partial charge in [-0.15, -0.1) is 0 Å². The van der Waals surface area contributed by atoms with E-state index in [9.17, 15) is 9.59 Å². The monoisotopic (exact) mass is 774 g/mol. The predicted octanol–water partition coefficient (Wildman–Crippen LogP) is 6.99. The molecule has 2 aliphatic rings. The standard InChI is InChI=1S/2C22H20N4O2.C2H6/c1-16(20-13-18(7-11-23-20)6-5-17-3-4-17)26-12-8-19(14-22(26)27)28-15-21-24-9-2-10-25-21;1-16(20-8-7-18(14-25-20)6-5-17-3-4-17)26-12-9-19(13-22(26)27)28-15-21-23-10-2-11-24-21;1-2/h2*2,7-14,16-17H,3-4,15H2,1H3;1-2H3. The minimum atomic E-state index is -0.207. The van der Waals surface area contributed by atoms with Crippen molar-refractivity contribution in [2.75, 3.05) is 0 Å². The van der Waals surface area contributed by atoms with Crippen molar-refractivity contribution in [1.82, 2.24) is 39.0 Å². The summed E-state index contributed by atoms with van der Waals surface area (Å²) in [6, 6.07) is 17.3. The zero-order chi connectivity index (χ0) is 40.7. The molecule has 6 heterocycles. The van der Waals surface area contributed by atoms with E-state index in [0.717, 1.165) is 22.5 Å². The van der Waals surface area contributed by atoms with Gasteiger partial charge in [-0.05, 0) is 88.1 Å². The van der Waals surface area contributed by atoms with Crippen LogP contribution in [0.1, 0.15) is 99.6 Å². The van der Waals surface area contributed by atoms with Crippen LogP contribution in [-0.4, -0.2) is 39.0 Å². The van der Waals surface area contributed by atoms with E-state index in [4.69, 9.17) is 9.47 Å². The number of rotatable bonds is 10. The average Bonchev–Trinajstić information content (AvgIpc) is 4.22. The van der Waals surface area contributed by atoms with Gasteiger partial charge >= 0.3 is 0 Å². The van der Waals surface area contributed by atoms with Crippen LogP contribution in [0.5, 0.6) is 11.5 Å². The molecule has 0 aliphatic heterocycles. The minimum absolute atomic E-state index is 0.154. The SMILES string of the molecule is CC.CC(c1cc(C#CC2CC2)ccn1)n1ccc(OCc2ncccn2)cc1=O.CC(c1ccc(C#CC2CC2)cn1)n1ccc(OCc2ncccn2)cc1=O. The van der Waals surface area contributed by atoms with Gasteiger partial charge in [0.2, 0.25) is 0 Å². The van der Waals surface area contributed by atoms with E-state index in [1.165, 1.54) is 37.8 Å². The Kier molecular flexibility index (Phi) is 14.3. The van der Waals surface area contributed by atoms with Crippen molar-refractivity contribution >= 4 is 0 Å². The molecule has 12 heteroatoms. The molecule has 58 heavy (non-hydrogen) atoms. The Bertz CT molecular complexity index is 2490. The maximum absolute atomic E-state index is 12.6. The molecule has 2 aliphatic carbocycles. The van der Waals surface area contributed by atoms with Crippen molar-refractivity contribution in [2.24, 2.45) is 11.8 Å². The van der Waals surface area contributed by atoms with Crippen LogP contribution in [0.2, 0.25) is 0 Å². The predicted molar refractivity (Wildman–Crippen MR) is 221 cm³/mol. The van der Waals surface area contributed by atoms with E-state index in [-0.39, 0.29) is 36.4 Å². The molecule has 0 amide bonds. The van der Waals surface area contributed by atoms with E-state index < -0.39 is 0 Å². The third-order valence-electron chi connectivity index (χ3n) is 9.07. The van der Waals surface area contributed by atoms with Crippen molar-refractivity contribution in [3.63, 3.8) is 0 Å². The second-order valence-electron chi connectivity index (χ2n) is 13.5. The lowest BCUT2D eigenvalue weighted by Crippen LogP contribution is -2.23. The minimum Gasteiger partial charge on any atom is -0.485 e. The Balaban J connectivity index is 0.000000188. The van der Waals surface area contributed by atoms with E-state index >= 15 is 0 Å². The zero-order valence-electron chi connectivity index (χ0n) is 33.2. The number of ether oxygens (including phenoxy) is 2. The Morgan fingerprint density at radius 2 is 1.10 bits per heavy atom. The summed E-state index contributed by atoms with van der Waals surface area (Å²) >= 11 is 0. The molecular formula is C46H46N8O4. The van der Waals surface area contributed by atoms with Crippen molar-refractivity contribution in [2.45, 2.75) is 78.7 Å². The van der Waals surface area contributed by atoms with E-state index in [0.29, 0.717) is 35.0 Å². The van der Waals surface area contributed by atoms with Gasteiger partial charge in [0.05, 0.1) is 23.5 Å². The van der Waals surface area contributed by atoms with E-state index in [2.05, 4.69) is 53.6 Å². The van der Waals surface area contributed by atoms with Crippen LogP contribution in [0.15, 0.2) is 120 Å². The average molecular weight is 775 g/mol. The zero-order valence-corrected chi connectivity index (χ0v) is 33.2. The second kappa shape index (κ2) is 20.3. The molecule has 8 rings (SSSR count). The lowest BCUT2D eigenvalue weighted by atomic mass is 10.1. The van der Waals surface area contributed by atoms with Crippen molar-refractivity contribution < 1.29 is 9.47 Å². The highest BCUT2D eigenvalue weighted by atomic mass is 16.5. The number of hydrogen-bond acceptors (Lipinski definition) is 10. The third-order valence-corrected chi connectivity index (χ3v) is 9.07. The molecule has 0 N–H and O–H groups in total. The molecule has 294 valence electrons. The summed E-state index contributed by atoms with van der Waals surface area (Å²) in [5.41, 5.74) is 3.14. The van der Waals surface area contributed by atoms with Crippen LogP contribution in [-0.2, 0) is 13.2 Å². The van der Waals surface area contributed by atoms with E-state index in [1.54, 1.807) is 83.0 Å². The first-order chi connectivity index (χ1) is 28.4. The summed E-state index contributed by atoms with van der Waals surface area (Å²) in [6.45, 7) is 8.31. The van der Waals surface area contributed by atoms with Crippen molar-refractivity contribution in [1.29, 1.82) is 0 Å². The number of pyridine rings is 4. The van der Waals surface area contributed by atoms with E-state index in [1.807, 2.05) is 52.0 Å². The number of nitrogens with zero attached hydrogens (tertiary/aromatic N) is 8. The van der Waals surface area contributed by atoms with Gasteiger partial charge in [0.1, 0.15) is 24.7 Å². The second-order valence-corrected chi connectivity index (χ2v) is 13.5. The molecule has 6 aromatic heterocycles. The Morgan fingerprint density at radius 3 is 1.57 bits per heavy atom. The highest BCUT2D eigenvalue weighted by molar-refractivity contribution is 5.37. The van der Waals surface area contributed by atoms with Gasteiger partial charge in [-0.1, -0.05) is 37.5 Å². The summed E-state index contributed by atoms with van der Waals surface area (Å²) in [5.74, 6) is 16.0. The van der Waals surface area contributed by atoms with Crippen LogP contribution in [0.25, 0.3) is 0 Å². The smallest absolute Gasteiger partial charge is 0.254 e. The van der Waals surface area contributed by atoms with Crippen molar-refractivity contribution in [3.05, 3.63) is 165 Å². The van der Waals surface area contributed by atoms with Gasteiger partial charge < -0.3 is 18.6 Å². The molecule has 2 saturated carbocycles. The number of aromatic nitrogens is 8. The molecule has 12 nitrogen and oxygen atoms in total. The first kappa shape index (κ1) is 40.7. The summed E-state index contributed by atoms with van der Waals surface area (Å²) in [6.07, 6.45) is 18.4. The normalized spacial score (nSPS) is 13.7. The fourth-order valence-corrected chi connectivity index (χ4v) is 5.46. The summed E-state index contributed by atoms with van der Waals surface area (Å²) in [4.78, 5) is 50.4.